The molecule has 6 rings (SSSR count). The molecule has 2 amide bonds. The number of hydroxylamine groups is 2. The van der Waals surface area contributed by atoms with Gasteiger partial charge in [-0.2, -0.15) is 8.42 Å². The van der Waals surface area contributed by atoms with E-state index in [9.17, 15) is 27.4 Å². The van der Waals surface area contributed by atoms with Crippen molar-refractivity contribution >= 4 is 39.7 Å². The molecule has 1 saturated heterocycles. The van der Waals surface area contributed by atoms with Gasteiger partial charge < -0.3 is 33.1 Å². The molecule has 1 N–H and O–H groups in total. The fourth-order valence-corrected chi connectivity index (χ4v) is 8.67. The van der Waals surface area contributed by atoms with Gasteiger partial charge in [-0.15, -0.1) is 5.06 Å². The summed E-state index contributed by atoms with van der Waals surface area (Å²) in [5, 5.41) is 1.51. The molecule has 2 aromatic carbocycles. The monoisotopic (exact) mass is 914 g/mol. The van der Waals surface area contributed by atoms with Gasteiger partial charge in [0.25, 0.3) is 21.9 Å². The maximum absolute atomic E-state index is 12.4. The molecule has 1 aliphatic carbocycles. The smallest absolute Gasteiger partial charge is 0.333 e. The first-order valence-electron chi connectivity index (χ1n) is 21.9. The van der Waals surface area contributed by atoms with Gasteiger partial charge in [0.05, 0.1) is 37.4 Å². The summed E-state index contributed by atoms with van der Waals surface area (Å²) in [6.07, 6.45) is 7.73. The van der Waals surface area contributed by atoms with Crippen molar-refractivity contribution in [3.05, 3.63) is 107 Å². The number of carbonyl (C=O) groups excluding carboxylic acids is 3. The number of hydrogen-bond acceptors (Lipinski definition) is 12. The lowest BCUT2D eigenvalue weighted by molar-refractivity contribution is -0.197. The molecule has 3 heterocycles. The van der Waals surface area contributed by atoms with Crippen LogP contribution in [0, 0.1) is 6.92 Å². The van der Waals surface area contributed by atoms with E-state index in [0.717, 1.165) is 44.6 Å². The Balaban J connectivity index is 1.32. The number of unbranched alkanes of at least 4 members (excludes halogenated alkanes) is 2. The zero-order valence-electron chi connectivity index (χ0n) is 37.9. The average Bonchev–Trinajstić information content (AvgIpc) is 3.71. The molecule has 16 heteroatoms. The highest BCUT2D eigenvalue weighted by molar-refractivity contribution is 7.85. The van der Waals surface area contributed by atoms with Gasteiger partial charge in [-0.1, -0.05) is 56.7 Å². The van der Waals surface area contributed by atoms with Crippen LogP contribution in [0.5, 0.6) is 0 Å². The number of allylic oxidation sites excluding steroid dienone is 3. The summed E-state index contributed by atoms with van der Waals surface area (Å²) in [5.74, 6) is -0.335. The molecule has 0 unspecified atom stereocenters. The first-order valence-corrected chi connectivity index (χ1v) is 23.4. The Bertz CT molecular complexity index is 2500. The number of ether oxygens (including phenoxy) is 4. The minimum Gasteiger partial charge on any atom is -0.456 e. The minimum atomic E-state index is -4.46. The van der Waals surface area contributed by atoms with Crippen molar-refractivity contribution in [3.8, 4) is 22.5 Å². The lowest BCUT2D eigenvalue weighted by Crippen LogP contribution is -2.36. The number of methoxy groups -OCH3 is 2. The number of carbonyl (C=O) groups is 3. The van der Waals surface area contributed by atoms with Crippen LogP contribution in [-0.2, 0) is 53.7 Å². The summed E-state index contributed by atoms with van der Waals surface area (Å²) in [5.41, 5.74) is 5.74. The van der Waals surface area contributed by atoms with Crippen LogP contribution in [0.4, 0.5) is 5.69 Å². The van der Waals surface area contributed by atoms with Crippen molar-refractivity contribution in [2.24, 2.45) is 0 Å². The second-order valence-corrected chi connectivity index (χ2v) is 17.8. The molecule has 65 heavy (non-hydrogen) atoms. The van der Waals surface area contributed by atoms with Crippen LogP contribution in [0.3, 0.4) is 0 Å². The van der Waals surface area contributed by atoms with Crippen LogP contribution < -0.4 is 14.8 Å². The summed E-state index contributed by atoms with van der Waals surface area (Å²) in [4.78, 5) is 43.2. The summed E-state index contributed by atoms with van der Waals surface area (Å²) in [6, 6.07) is 21.1. The third-order valence-electron chi connectivity index (χ3n) is 11.6. The van der Waals surface area contributed by atoms with E-state index in [1.54, 1.807) is 20.3 Å². The number of imide groups is 1. The maximum atomic E-state index is 12.4. The molecule has 0 saturated carbocycles. The van der Waals surface area contributed by atoms with Gasteiger partial charge >= 0.3 is 5.97 Å². The Morgan fingerprint density at radius 3 is 2.18 bits per heavy atom. The number of benzene rings is 3. The van der Waals surface area contributed by atoms with Crippen molar-refractivity contribution in [3.63, 3.8) is 0 Å². The molecular formula is C49H60N3O12S+. The van der Waals surface area contributed by atoms with Gasteiger partial charge in [0.15, 0.2) is 13.1 Å². The van der Waals surface area contributed by atoms with E-state index in [-0.39, 0.29) is 24.2 Å². The van der Waals surface area contributed by atoms with Crippen LogP contribution in [0.1, 0.15) is 69.3 Å². The summed E-state index contributed by atoms with van der Waals surface area (Å²) >= 11 is 0. The number of anilines is 1. The standard InChI is InChI=1S/C49H59N3O12S/c1-35-42(63-43-33-37(18-20-39(43)48(35)36-13-8-6-9-14-36)50(25-27-61-31-29-59-4)26-28-62-32-30-60-5)15-12-16-44-49(2,3)40-34-38(65(56,57)58)19-21-41(40)51(44)24-11-7-10-17-47(55)64-52-45(53)22-23-46(52)54/h6,8-9,12-16,18-21,33-34H,7,10-11,17,22-32H2,1-5H3/p+1. The van der Waals surface area contributed by atoms with E-state index < -0.39 is 33.3 Å². The van der Waals surface area contributed by atoms with Crippen molar-refractivity contribution < 1.29 is 55.6 Å². The molecule has 0 aromatic heterocycles. The molecule has 3 aliphatic heterocycles. The quantitative estimate of drug-likeness (QED) is 0.0367. The lowest BCUT2D eigenvalue weighted by Gasteiger charge is -2.27. The van der Waals surface area contributed by atoms with Crippen LogP contribution in [0.25, 0.3) is 28.5 Å². The fraction of sp³-hybridized carbons (Fsp3) is 0.429. The third-order valence-corrected chi connectivity index (χ3v) is 12.5. The number of amides is 2. The predicted molar refractivity (Wildman–Crippen MR) is 245 cm³/mol. The second kappa shape index (κ2) is 22.6. The Hall–Kier alpha value is -5.49. The normalized spacial score (nSPS) is 15.5. The summed E-state index contributed by atoms with van der Waals surface area (Å²) < 4.78 is 65.4. The molecule has 0 radical (unpaired) electrons. The van der Waals surface area contributed by atoms with E-state index in [1.807, 2.05) is 57.2 Å². The molecular weight excluding hydrogens is 855 g/mol. The van der Waals surface area contributed by atoms with Gasteiger partial charge in [0.2, 0.25) is 5.36 Å². The predicted octanol–water partition coefficient (Wildman–Crippen LogP) is 6.57. The first-order chi connectivity index (χ1) is 31.2. The van der Waals surface area contributed by atoms with Gasteiger partial charge in [-0.3, -0.25) is 14.1 Å². The van der Waals surface area contributed by atoms with E-state index in [0.29, 0.717) is 95.1 Å². The number of fused-ring (bicyclic) bond motifs is 2. The summed E-state index contributed by atoms with van der Waals surface area (Å²) in [6.45, 7) is 10.8. The molecule has 4 aliphatic rings. The van der Waals surface area contributed by atoms with Crippen molar-refractivity contribution in [2.75, 3.05) is 78.4 Å². The zero-order valence-corrected chi connectivity index (χ0v) is 38.7. The third kappa shape index (κ3) is 12.2. The van der Waals surface area contributed by atoms with E-state index in [4.69, 9.17) is 28.2 Å². The highest BCUT2D eigenvalue weighted by Crippen LogP contribution is 2.49. The van der Waals surface area contributed by atoms with Crippen molar-refractivity contribution in [1.82, 2.24) is 9.64 Å². The van der Waals surface area contributed by atoms with Crippen LogP contribution in [-0.4, -0.2) is 109 Å². The van der Waals surface area contributed by atoms with Crippen LogP contribution in [0.2, 0.25) is 0 Å². The van der Waals surface area contributed by atoms with E-state index in [1.165, 1.54) is 12.1 Å². The van der Waals surface area contributed by atoms with Gasteiger partial charge in [-0.05, 0) is 72.9 Å². The zero-order chi connectivity index (χ0) is 46.6. The maximum Gasteiger partial charge on any atom is 0.333 e. The highest BCUT2D eigenvalue weighted by atomic mass is 32.2. The summed E-state index contributed by atoms with van der Waals surface area (Å²) in [7, 11) is -1.17. The lowest BCUT2D eigenvalue weighted by atomic mass is 9.83. The number of nitrogens with zero attached hydrogens (tertiary/aromatic N) is 3. The minimum absolute atomic E-state index is 0.0295. The molecule has 0 atom stereocenters. The first kappa shape index (κ1) is 49.0. The topological polar surface area (TPSA) is 174 Å². The van der Waals surface area contributed by atoms with Crippen LogP contribution >= 0.6 is 0 Å². The number of rotatable bonds is 23. The van der Waals surface area contributed by atoms with E-state index in [2.05, 4.69) is 39.8 Å². The molecule has 1 fully saturated rings. The van der Waals surface area contributed by atoms with Gasteiger partial charge in [0.1, 0.15) is 24.7 Å². The molecule has 0 spiro atoms. The Morgan fingerprint density at radius 1 is 0.862 bits per heavy atom. The Morgan fingerprint density at radius 2 is 1.54 bits per heavy atom. The molecule has 2 aromatic rings. The van der Waals surface area contributed by atoms with Crippen LogP contribution in [0.15, 0.2) is 93.9 Å². The Labute approximate surface area is 380 Å². The second-order valence-electron chi connectivity index (χ2n) is 16.4. The molecule has 15 nitrogen and oxygen atoms in total. The largest absolute Gasteiger partial charge is 0.456 e. The molecule has 348 valence electrons. The average molecular weight is 915 g/mol. The highest BCUT2D eigenvalue weighted by Gasteiger charge is 2.40. The van der Waals surface area contributed by atoms with Crippen molar-refractivity contribution in [2.45, 2.75) is 69.6 Å². The van der Waals surface area contributed by atoms with E-state index >= 15 is 0 Å². The molecule has 0 bridgehead atoms. The number of hydrogen-bond donors (Lipinski definition) is 1. The SMILES string of the molecule is COCCOCC[N+](CCOCCOC)=c1ccc2c(-c3ccccc3)c(C)c(/C=C/C=C3/N(CCCCCC(=O)ON4C(=O)CCC4=O)c4ccc(S(=O)(=O)O)cc4C3(C)C)oc-2c1. The Kier molecular flexibility index (Phi) is 17.0. The van der Waals surface area contributed by atoms with Crippen molar-refractivity contribution in [1.29, 1.82) is 0 Å². The van der Waals surface area contributed by atoms with Gasteiger partial charge in [-0.25, -0.2) is 9.37 Å². The fourth-order valence-electron chi connectivity index (χ4n) is 8.17. The van der Waals surface area contributed by atoms with Gasteiger partial charge in [0, 0.05) is 74.0 Å².